The van der Waals surface area contributed by atoms with Crippen LogP contribution in [0.25, 0.3) is 94.6 Å². The van der Waals surface area contributed by atoms with Gasteiger partial charge in [-0.2, -0.15) is 0 Å². The molecule has 0 unspecified atom stereocenters. The molecule has 0 saturated carbocycles. The smallest absolute Gasteiger partial charge is 0.167 e. The van der Waals surface area contributed by atoms with Gasteiger partial charge in [0.15, 0.2) is 17.5 Å². The lowest BCUT2D eigenvalue weighted by Crippen LogP contribution is -2.00. The minimum Gasteiger partial charge on any atom is -0.455 e. The van der Waals surface area contributed by atoms with E-state index in [0.717, 1.165) is 77.2 Å². The molecule has 0 spiro atoms. The first-order valence-corrected chi connectivity index (χ1v) is 15.4. The third-order valence-corrected chi connectivity index (χ3v) is 8.82. The van der Waals surface area contributed by atoms with Crippen molar-refractivity contribution in [3.05, 3.63) is 140 Å². The normalized spacial score (nSPS) is 11.8. The molecule has 47 heavy (non-hydrogen) atoms. The summed E-state index contributed by atoms with van der Waals surface area (Å²) < 4.78 is 15.0. The summed E-state index contributed by atoms with van der Waals surface area (Å²) in [5.74, 6) is 1.59. The van der Waals surface area contributed by atoms with E-state index < -0.39 is 0 Å². The number of benzene rings is 5. The number of nitrogens with zero attached hydrogens (tertiary/aromatic N) is 5. The topological polar surface area (TPSA) is 82.8 Å². The summed E-state index contributed by atoms with van der Waals surface area (Å²) >= 11 is 0. The van der Waals surface area contributed by atoms with Crippen LogP contribution in [0.3, 0.4) is 0 Å². The molecule has 5 aromatic heterocycles. The third kappa shape index (κ3) is 3.93. The molecule has 0 atom stereocenters. The van der Waals surface area contributed by atoms with Gasteiger partial charge < -0.3 is 13.4 Å². The van der Waals surface area contributed by atoms with E-state index in [0.29, 0.717) is 17.5 Å². The number of pyridine rings is 1. The predicted molar refractivity (Wildman–Crippen MR) is 185 cm³/mol. The SMILES string of the molecule is c1ccc2c(c1)oc1c(-c3nc(-c4cn(-c5ccncc5)c5ccccc45)nc(-c4cccc5c4oc4ccccc45)n3)cccc12. The van der Waals surface area contributed by atoms with E-state index in [2.05, 4.69) is 52.1 Å². The van der Waals surface area contributed by atoms with Crippen LogP contribution in [0, 0.1) is 0 Å². The van der Waals surface area contributed by atoms with Crippen molar-refractivity contribution < 1.29 is 8.83 Å². The fraction of sp³-hybridized carbons (Fsp3) is 0. The largest absolute Gasteiger partial charge is 0.455 e. The number of fused-ring (bicyclic) bond motifs is 7. The lowest BCUT2D eigenvalue weighted by Gasteiger charge is -2.09. The zero-order valence-electron chi connectivity index (χ0n) is 24.8. The summed E-state index contributed by atoms with van der Waals surface area (Å²) in [6.07, 6.45) is 5.68. The van der Waals surface area contributed by atoms with Gasteiger partial charge in [-0.25, -0.2) is 15.0 Å². The standard InChI is InChI=1S/C40H23N5O2/c1-4-16-33-25(9-1)32(23-45(33)24-19-21-41-22-20-24)40-43-38(30-14-7-12-28-26-10-2-5-17-34(26)46-36(28)30)42-39(44-40)31-15-8-13-29-27-11-3-6-18-35(27)47-37(29)31/h1-23H. The van der Waals surface area contributed by atoms with Gasteiger partial charge in [-0.3, -0.25) is 4.98 Å². The summed E-state index contributed by atoms with van der Waals surface area (Å²) in [6.45, 7) is 0. The van der Waals surface area contributed by atoms with Crippen LogP contribution < -0.4 is 0 Å². The Morgan fingerprint density at radius 2 is 0.915 bits per heavy atom. The average Bonchev–Trinajstić information content (AvgIpc) is 3.83. The van der Waals surface area contributed by atoms with Crippen molar-refractivity contribution in [2.24, 2.45) is 0 Å². The van der Waals surface area contributed by atoms with Crippen LogP contribution in [0.1, 0.15) is 0 Å². The van der Waals surface area contributed by atoms with Gasteiger partial charge in [0.2, 0.25) is 0 Å². The van der Waals surface area contributed by atoms with Gasteiger partial charge in [0.1, 0.15) is 22.3 Å². The summed E-state index contributed by atoms with van der Waals surface area (Å²) in [5.41, 5.74) is 7.60. The summed E-state index contributed by atoms with van der Waals surface area (Å²) in [4.78, 5) is 19.7. The molecule has 0 saturated heterocycles. The maximum absolute atomic E-state index is 6.44. The van der Waals surface area contributed by atoms with Crippen molar-refractivity contribution in [2.75, 3.05) is 0 Å². The molecule has 220 valence electrons. The molecule has 0 fully saturated rings. The molecule has 5 aromatic carbocycles. The number of para-hydroxylation sites is 5. The Morgan fingerprint density at radius 3 is 1.51 bits per heavy atom. The van der Waals surface area contributed by atoms with Gasteiger partial charge >= 0.3 is 0 Å². The lowest BCUT2D eigenvalue weighted by atomic mass is 10.1. The van der Waals surface area contributed by atoms with E-state index in [1.807, 2.05) is 84.9 Å². The highest BCUT2D eigenvalue weighted by Crippen LogP contribution is 2.39. The molecule has 7 nitrogen and oxygen atoms in total. The van der Waals surface area contributed by atoms with Crippen LogP contribution in [0.4, 0.5) is 0 Å². The van der Waals surface area contributed by atoms with Crippen molar-refractivity contribution in [2.45, 2.75) is 0 Å². The van der Waals surface area contributed by atoms with Crippen molar-refractivity contribution in [1.82, 2.24) is 24.5 Å². The number of furan rings is 2. The molecule has 10 rings (SSSR count). The van der Waals surface area contributed by atoms with Crippen molar-refractivity contribution in [3.8, 4) is 39.9 Å². The second kappa shape index (κ2) is 9.95. The van der Waals surface area contributed by atoms with Gasteiger partial charge in [0.05, 0.1) is 16.6 Å². The van der Waals surface area contributed by atoms with Gasteiger partial charge in [-0.05, 0) is 42.5 Å². The fourth-order valence-corrected chi connectivity index (χ4v) is 6.66. The second-order valence-electron chi connectivity index (χ2n) is 11.5. The highest BCUT2D eigenvalue weighted by molar-refractivity contribution is 6.10. The van der Waals surface area contributed by atoms with Gasteiger partial charge in [0.25, 0.3) is 0 Å². The Kier molecular flexibility index (Phi) is 5.44. The average molecular weight is 606 g/mol. The Balaban J connectivity index is 1.28. The Hall–Kier alpha value is -6.60. The molecular formula is C40H23N5O2. The quantitative estimate of drug-likeness (QED) is 0.199. The Morgan fingerprint density at radius 1 is 0.426 bits per heavy atom. The van der Waals surface area contributed by atoms with Crippen LogP contribution in [-0.4, -0.2) is 24.5 Å². The van der Waals surface area contributed by atoms with E-state index in [-0.39, 0.29) is 0 Å². The van der Waals surface area contributed by atoms with Crippen molar-refractivity contribution >= 4 is 54.8 Å². The monoisotopic (exact) mass is 605 g/mol. The van der Waals surface area contributed by atoms with Crippen LogP contribution >= 0.6 is 0 Å². The Labute approximate surface area is 267 Å². The molecule has 0 N–H and O–H groups in total. The van der Waals surface area contributed by atoms with Crippen molar-refractivity contribution in [3.63, 3.8) is 0 Å². The van der Waals surface area contributed by atoms with E-state index in [1.165, 1.54) is 0 Å². The molecular weight excluding hydrogens is 582 g/mol. The first-order valence-electron chi connectivity index (χ1n) is 15.4. The third-order valence-electron chi connectivity index (χ3n) is 8.82. The zero-order valence-corrected chi connectivity index (χ0v) is 24.8. The first-order chi connectivity index (χ1) is 23.3. The number of rotatable bonds is 4. The molecule has 0 aliphatic heterocycles. The van der Waals surface area contributed by atoms with Crippen LogP contribution in [0.5, 0.6) is 0 Å². The van der Waals surface area contributed by atoms with Crippen LogP contribution in [0.15, 0.2) is 149 Å². The van der Waals surface area contributed by atoms with E-state index in [1.54, 1.807) is 12.4 Å². The van der Waals surface area contributed by atoms with E-state index in [4.69, 9.17) is 23.8 Å². The van der Waals surface area contributed by atoms with Gasteiger partial charge in [-0.1, -0.05) is 78.9 Å². The van der Waals surface area contributed by atoms with E-state index in [9.17, 15) is 0 Å². The van der Waals surface area contributed by atoms with Gasteiger partial charge in [0, 0.05) is 56.8 Å². The first kappa shape index (κ1) is 25.7. The predicted octanol–water partition coefficient (Wildman–Crippen LogP) is 10.0. The lowest BCUT2D eigenvalue weighted by molar-refractivity contribution is 0.669. The summed E-state index contributed by atoms with van der Waals surface area (Å²) in [5, 5.41) is 5.14. The molecule has 0 amide bonds. The minimum atomic E-state index is 0.517. The van der Waals surface area contributed by atoms with Crippen LogP contribution in [0.2, 0.25) is 0 Å². The molecule has 0 bridgehead atoms. The number of hydrogen-bond donors (Lipinski definition) is 0. The fourth-order valence-electron chi connectivity index (χ4n) is 6.66. The highest BCUT2D eigenvalue weighted by atomic mass is 16.3. The summed E-state index contributed by atoms with van der Waals surface area (Å²) in [6, 6.07) is 40.6. The summed E-state index contributed by atoms with van der Waals surface area (Å²) in [7, 11) is 0. The molecule has 0 radical (unpaired) electrons. The molecule has 7 heteroatoms. The zero-order chi connectivity index (χ0) is 30.9. The maximum Gasteiger partial charge on any atom is 0.167 e. The van der Waals surface area contributed by atoms with E-state index >= 15 is 0 Å². The Bertz CT molecular complexity index is 2680. The molecule has 0 aliphatic rings. The number of hydrogen-bond acceptors (Lipinski definition) is 6. The minimum absolute atomic E-state index is 0.517. The molecule has 5 heterocycles. The maximum atomic E-state index is 6.44. The van der Waals surface area contributed by atoms with Crippen molar-refractivity contribution in [1.29, 1.82) is 0 Å². The van der Waals surface area contributed by atoms with Crippen LogP contribution in [-0.2, 0) is 0 Å². The highest BCUT2D eigenvalue weighted by Gasteiger charge is 2.22. The second-order valence-corrected chi connectivity index (χ2v) is 11.5. The molecule has 0 aliphatic carbocycles. The van der Waals surface area contributed by atoms with Gasteiger partial charge in [-0.15, -0.1) is 0 Å². The molecule has 10 aromatic rings. The number of aromatic nitrogens is 5.